The molecule has 1 rings (SSSR count). The highest BCUT2D eigenvalue weighted by Gasteiger charge is 2.04. The molecule has 0 fully saturated rings. The molecule has 0 atom stereocenters. The summed E-state index contributed by atoms with van der Waals surface area (Å²) in [6.45, 7) is 8.75. The van der Waals surface area contributed by atoms with Gasteiger partial charge in [0.2, 0.25) is 0 Å². The predicted octanol–water partition coefficient (Wildman–Crippen LogP) is 4.15. The number of nitrogen functional groups attached to an aromatic ring is 1. The number of aryl methyl sites for hydroxylation is 1. The number of anilines is 1. The summed E-state index contributed by atoms with van der Waals surface area (Å²) in [5.74, 6) is 0.772. The van der Waals surface area contributed by atoms with Crippen LogP contribution in [0.2, 0.25) is 0 Å². The van der Waals surface area contributed by atoms with Gasteiger partial charge >= 0.3 is 0 Å². The Kier molecular flexibility index (Phi) is 7.22. The molecule has 0 aliphatic rings. The van der Waals surface area contributed by atoms with Crippen molar-refractivity contribution in [2.24, 2.45) is 0 Å². The lowest BCUT2D eigenvalue weighted by atomic mass is 10.2. The van der Waals surface area contributed by atoms with Crippen molar-refractivity contribution in [2.75, 3.05) is 12.3 Å². The lowest BCUT2D eigenvalue weighted by Crippen LogP contribution is -2.00. The maximum atomic E-state index is 5.85. The minimum Gasteiger partial charge on any atom is -0.491 e. The lowest BCUT2D eigenvalue weighted by Gasteiger charge is -2.10. The summed E-state index contributed by atoms with van der Waals surface area (Å²) in [5, 5.41) is 0. The first-order valence-corrected chi connectivity index (χ1v) is 6.13. The maximum absolute atomic E-state index is 5.85. The van der Waals surface area contributed by atoms with Crippen LogP contribution in [0.15, 0.2) is 16.6 Å². The Morgan fingerprint density at radius 1 is 1.33 bits per heavy atom. The maximum Gasteiger partial charge on any atom is 0.143 e. The van der Waals surface area contributed by atoms with Crippen molar-refractivity contribution >= 4 is 21.6 Å². The molecule has 0 spiro atoms. The van der Waals surface area contributed by atoms with Crippen LogP contribution in [-0.4, -0.2) is 6.61 Å². The molecule has 2 nitrogen and oxygen atoms in total. The van der Waals surface area contributed by atoms with Crippen LogP contribution >= 0.6 is 15.9 Å². The molecule has 0 aliphatic carbocycles. The van der Waals surface area contributed by atoms with Crippen LogP contribution in [0.1, 0.15) is 32.8 Å². The van der Waals surface area contributed by atoms with E-state index < -0.39 is 0 Å². The fourth-order valence-corrected chi connectivity index (χ4v) is 1.61. The fourth-order valence-electron chi connectivity index (χ4n) is 1.06. The van der Waals surface area contributed by atoms with Crippen LogP contribution < -0.4 is 10.5 Å². The van der Waals surface area contributed by atoms with Crippen LogP contribution in [0.25, 0.3) is 0 Å². The summed E-state index contributed by atoms with van der Waals surface area (Å²) < 4.78 is 6.50. The van der Waals surface area contributed by atoms with Crippen molar-refractivity contribution in [3.63, 3.8) is 0 Å². The van der Waals surface area contributed by atoms with E-state index in [0.29, 0.717) is 6.61 Å². The summed E-state index contributed by atoms with van der Waals surface area (Å²) in [6.07, 6.45) is 0.991. The first-order valence-electron chi connectivity index (χ1n) is 5.33. The molecule has 0 bridgehead atoms. The summed E-state index contributed by atoms with van der Waals surface area (Å²) in [7, 11) is 0. The zero-order chi connectivity index (χ0) is 11.8. The van der Waals surface area contributed by atoms with E-state index in [1.54, 1.807) is 0 Å². The quantitative estimate of drug-likeness (QED) is 0.840. The Morgan fingerprint density at radius 2 is 1.93 bits per heavy atom. The van der Waals surface area contributed by atoms with Gasteiger partial charge in [-0.2, -0.15) is 0 Å². The Labute approximate surface area is 101 Å². The number of hydrogen-bond acceptors (Lipinski definition) is 2. The average molecular weight is 274 g/mol. The van der Waals surface area contributed by atoms with Gasteiger partial charge < -0.3 is 10.5 Å². The molecule has 86 valence electrons. The van der Waals surface area contributed by atoms with Crippen molar-refractivity contribution in [1.29, 1.82) is 0 Å². The second-order valence-corrected chi connectivity index (χ2v) is 3.90. The minimum atomic E-state index is 0.708. The fraction of sp³-hybridized carbons (Fsp3) is 0.500. The first-order chi connectivity index (χ1) is 7.15. The number of hydrogen-bond donors (Lipinski definition) is 1. The summed E-state index contributed by atoms with van der Waals surface area (Å²) in [4.78, 5) is 0. The van der Waals surface area contributed by atoms with Gasteiger partial charge in [0, 0.05) is 4.47 Å². The van der Waals surface area contributed by atoms with Gasteiger partial charge in [-0.3, -0.25) is 0 Å². The molecule has 1 aromatic carbocycles. The van der Waals surface area contributed by atoms with E-state index >= 15 is 0 Å². The molecular formula is C12H20BrNO. The van der Waals surface area contributed by atoms with Crippen molar-refractivity contribution in [3.8, 4) is 5.75 Å². The second kappa shape index (κ2) is 7.57. The Morgan fingerprint density at radius 3 is 2.47 bits per heavy atom. The monoisotopic (exact) mass is 273 g/mol. The molecule has 0 radical (unpaired) electrons. The summed E-state index contributed by atoms with van der Waals surface area (Å²) in [6, 6.07) is 3.88. The Hall–Kier alpha value is -0.700. The van der Waals surface area contributed by atoms with Crippen LogP contribution in [0.5, 0.6) is 5.75 Å². The van der Waals surface area contributed by atoms with Crippen LogP contribution in [0.4, 0.5) is 5.69 Å². The van der Waals surface area contributed by atoms with E-state index in [1.807, 2.05) is 32.9 Å². The number of ether oxygens (including phenoxy) is 1. The van der Waals surface area contributed by atoms with Gasteiger partial charge in [0.1, 0.15) is 5.75 Å². The second-order valence-electron chi connectivity index (χ2n) is 2.98. The Balaban J connectivity index is 0.000000921. The normalized spacial score (nSPS) is 9.13. The van der Waals surface area contributed by atoms with E-state index in [4.69, 9.17) is 10.5 Å². The van der Waals surface area contributed by atoms with Gasteiger partial charge in [0.05, 0.1) is 12.3 Å². The lowest BCUT2D eigenvalue weighted by molar-refractivity contribution is 0.319. The highest BCUT2D eigenvalue weighted by Crippen LogP contribution is 2.29. The van der Waals surface area contributed by atoms with Gasteiger partial charge in [-0.15, -0.1) is 0 Å². The molecule has 1 aromatic rings. The van der Waals surface area contributed by atoms with Crippen molar-refractivity contribution in [2.45, 2.75) is 34.1 Å². The van der Waals surface area contributed by atoms with Gasteiger partial charge in [0.25, 0.3) is 0 Å². The molecule has 0 heterocycles. The average Bonchev–Trinajstić information content (AvgIpc) is 2.24. The third kappa shape index (κ3) is 4.56. The summed E-state index contributed by atoms with van der Waals surface area (Å²) >= 11 is 3.40. The minimum absolute atomic E-state index is 0.708. The van der Waals surface area contributed by atoms with Crippen molar-refractivity contribution < 1.29 is 4.74 Å². The smallest absolute Gasteiger partial charge is 0.143 e. The molecular weight excluding hydrogens is 254 g/mol. The molecule has 0 unspecified atom stereocenters. The first kappa shape index (κ1) is 14.3. The van der Waals surface area contributed by atoms with E-state index in [0.717, 1.165) is 27.9 Å². The number of nitrogens with two attached hydrogens (primary N) is 1. The van der Waals surface area contributed by atoms with Crippen molar-refractivity contribution in [1.82, 2.24) is 0 Å². The molecule has 2 N–H and O–H groups in total. The SMILES string of the molecule is CC.CCCOc1cc(Br)cc(C)c1N. The molecule has 0 amide bonds. The number of halogens is 1. The third-order valence-electron chi connectivity index (χ3n) is 1.78. The summed E-state index contributed by atoms with van der Waals surface area (Å²) in [5.41, 5.74) is 7.62. The van der Waals surface area contributed by atoms with Crippen molar-refractivity contribution in [3.05, 3.63) is 22.2 Å². The molecule has 0 aromatic heterocycles. The zero-order valence-electron chi connectivity index (χ0n) is 9.93. The molecule has 15 heavy (non-hydrogen) atoms. The third-order valence-corrected chi connectivity index (χ3v) is 2.23. The highest BCUT2D eigenvalue weighted by molar-refractivity contribution is 9.10. The van der Waals surface area contributed by atoms with E-state index in [9.17, 15) is 0 Å². The van der Waals surface area contributed by atoms with Crippen LogP contribution in [0, 0.1) is 6.92 Å². The zero-order valence-corrected chi connectivity index (χ0v) is 11.5. The van der Waals surface area contributed by atoms with Crippen LogP contribution in [0.3, 0.4) is 0 Å². The van der Waals surface area contributed by atoms with Gasteiger partial charge in [-0.25, -0.2) is 0 Å². The predicted molar refractivity (Wildman–Crippen MR) is 70.4 cm³/mol. The highest BCUT2D eigenvalue weighted by atomic mass is 79.9. The standard InChI is InChI=1S/C10H14BrNO.C2H6/c1-3-4-13-9-6-8(11)5-7(2)10(9)12;1-2/h5-6H,3-4,12H2,1-2H3;1-2H3. The van der Waals surface area contributed by atoms with Gasteiger partial charge in [-0.05, 0) is 31.0 Å². The number of benzene rings is 1. The molecule has 3 heteroatoms. The van der Waals surface area contributed by atoms with Gasteiger partial charge in [0.15, 0.2) is 0 Å². The van der Waals surface area contributed by atoms with E-state index in [2.05, 4.69) is 22.9 Å². The van der Waals surface area contributed by atoms with E-state index in [-0.39, 0.29) is 0 Å². The van der Waals surface area contributed by atoms with Crippen LogP contribution in [-0.2, 0) is 0 Å². The Bertz CT molecular complexity index is 300. The van der Waals surface area contributed by atoms with E-state index in [1.165, 1.54) is 0 Å². The molecule has 0 saturated heterocycles. The largest absolute Gasteiger partial charge is 0.491 e. The van der Waals surface area contributed by atoms with Gasteiger partial charge in [-0.1, -0.05) is 36.7 Å². The molecule has 0 aliphatic heterocycles. The topological polar surface area (TPSA) is 35.2 Å². The number of rotatable bonds is 3. The molecule has 0 saturated carbocycles.